The number of carbonyl (C=O) groups is 5. The van der Waals surface area contributed by atoms with E-state index in [9.17, 15) is 24.0 Å². The van der Waals surface area contributed by atoms with Gasteiger partial charge in [0.2, 0.25) is 17.7 Å². The minimum absolute atomic E-state index is 0.0783. The Labute approximate surface area is 197 Å². The first-order valence-electron chi connectivity index (χ1n) is 12.0. The molecular formula is C24H29N5O5. The summed E-state index contributed by atoms with van der Waals surface area (Å²) < 4.78 is 0. The highest BCUT2D eigenvalue weighted by atomic mass is 16.2. The molecule has 180 valence electrons. The molecule has 1 saturated carbocycles. The normalized spacial score (nSPS) is 24.4. The molecular weight excluding hydrogens is 438 g/mol. The first kappa shape index (κ1) is 22.7. The largest absolute Gasteiger partial charge is 0.339 e. The van der Waals surface area contributed by atoms with Crippen molar-refractivity contribution >= 4 is 29.5 Å². The van der Waals surface area contributed by atoms with Crippen LogP contribution < -0.4 is 16.0 Å². The van der Waals surface area contributed by atoms with Gasteiger partial charge in [0.1, 0.15) is 6.04 Å². The summed E-state index contributed by atoms with van der Waals surface area (Å²) in [6, 6.07) is 4.08. The quantitative estimate of drug-likeness (QED) is 0.517. The van der Waals surface area contributed by atoms with Gasteiger partial charge in [-0.15, -0.1) is 0 Å². The zero-order valence-electron chi connectivity index (χ0n) is 19.0. The highest BCUT2D eigenvalue weighted by Crippen LogP contribution is 2.34. The van der Waals surface area contributed by atoms with Crippen LogP contribution >= 0.6 is 0 Å². The van der Waals surface area contributed by atoms with Gasteiger partial charge in [-0.3, -0.25) is 39.5 Å². The van der Waals surface area contributed by atoms with E-state index in [1.165, 1.54) is 0 Å². The Kier molecular flexibility index (Phi) is 5.95. The van der Waals surface area contributed by atoms with E-state index in [4.69, 9.17) is 0 Å². The summed E-state index contributed by atoms with van der Waals surface area (Å²) >= 11 is 0. The molecule has 3 aliphatic heterocycles. The second kappa shape index (κ2) is 8.92. The number of imide groups is 2. The molecule has 0 bridgehead atoms. The highest BCUT2D eigenvalue weighted by molar-refractivity contribution is 6.24. The fourth-order valence-electron chi connectivity index (χ4n) is 5.61. The van der Waals surface area contributed by atoms with Gasteiger partial charge < -0.3 is 10.2 Å². The van der Waals surface area contributed by atoms with Gasteiger partial charge in [-0.1, -0.05) is 25.0 Å². The fourth-order valence-corrected chi connectivity index (χ4v) is 5.61. The van der Waals surface area contributed by atoms with Crippen LogP contribution in [0, 0.1) is 0 Å². The number of nitrogens with one attached hydrogen (secondary N) is 3. The van der Waals surface area contributed by atoms with Crippen LogP contribution in [-0.2, 0) is 20.9 Å². The van der Waals surface area contributed by atoms with Crippen molar-refractivity contribution in [3.05, 3.63) is 34.9 Å². The average molecular weight is 468 g/mol. The number of carbonyl (C=O) groups excluding carboxylic acids is 5. The number of rotatable bonds is 5. The lowest BCUT2D eigenvalue weighted by molar-refractivity contribution is -0.139. The monoisotopic (exact) mass is 467 g/mol. The predicted octanol–water partition coefficient (Wildman–Crippen LogP) is -0.0780. The second-order valence-electron chi connectivity index (χ2n) is 9.47. The molecule has 10 heteroatoms. The van der Waals surface area contributed by atoms with Crippen molar-refractivity contribution < 1.29 is 24.0 Å². The molecule has 3 N–H and O–H groups in total. The third kappa shape index (κ3) is 3.80. The number of hydrogen-bond acceptors (Lipinski definition) is 7. The van der Waals surface area contributed by atoms with Gasteiger partial charge >= 0.3 is 0 Å². The Morgan fingerprint density at radius 1 is 1.06 bits per heavy atom. The van der Waals surface area contributed by atoms with Gasteiger partial charge in [-0.05, 0) is 30.9 Å². The zero-order valence-corrected chi connectivity index (χ0v) is 19.0. The van der Waals surface area contributed by atoms with E-state index in [1.54, 1.807) is 18.2 Å². The van der Waals surface area contributed by atoms with Crippen molar-refractivity contribution in [3.63, 3.8) is 0 Å². The molecule has 3 fully saturated rings. The first-order chi connectivity index (χ1) is 16.4. The first-order valence-corrected chi connectivity index (χ1v) is 12.0. The van der Waals surface area contributed by atoms with Crippen molar-refractivity contribution in [1.29, 1.82) is 0 Å². The molecule has 34 heavy (non-hydrogen) atoms. The maximum absolute atomic E-state index is 13.4. The lowest BCUT2D eigenvalue weighted by atomic mass is 9.93. The second-order valence-corrected chi connectivity index (χ2v) is 9.47. The van der Waals surface area contributed by atoms with Crippen molar-refractivity contribution in [2.75, 3.05) is 26.2 Å². The topological polar surface area (TPSA) is 128 Å². The molecule has 1 aromatic carbocycles. The maximum atomic E-state index is 13.4. The number of benzene rings is 1. The number of nitrogens with zero attached hydrogens (tertiary/aromatic N) is 2. The smallest absolute Gasteiger partial charge is 0.262 e. The van der Waals surface area contributed by atoms with Crippen LogP contribution in [0.5, 0.6) is 0 Å². The lowest BCUT2D eigenvalue weighted by Crippen LogP contribution is -2.59. The lowest BCUT2D eigenvalue weighted by Gasteiger charge is -2.37. The van der Waals surface area contributed by atoms with E-state index in [1.807, 2.05) is 4.90 Å². The van der Waals surface area contributed by atoms with Crippen molar-refractivity contribution in [2.45, 2.75) is 56.7 Å². The molecule has 0 aromatic heterocycles. The summed E-state index contributed by atoms with van der Waals surface area (Å²) in [6.07, 6.45) is 3.58. The Hall–Kier alpha value is -3.11. The highest BCUT2D eigenvalue weighted by Gasteiger charge is 2.47. The number of fused-ring (bicyclic) bond motifs is 1. The Bertz CT molecular complexity index is 1060. The van der Waals surface area contributed by atoms with Crippen molar-refractivity contribution in [2.24, 2.45) is 0 Å². The van der Waals surface area contributed by atoms with Crippen LogP contribution in [0.15, 0.2) is 18.2 Å². The van der Waals surface area contributed by atoms with E-state index in [2.05, 4.69) is 16.0 Å². The van der Waals surface area contributed by atoms with Crippen LogP contribution in [0.3, 0.4) is 0 Å². The average Bonchev–Trinajstić information content (AvgIpc) is 3.42. The molecule has 0 spiro atoms. The van der Waals surface area contributed by atoms with Crippen molar-refractivity contribution in [3.8, 4) is 0 Å². The summed E-state index contributed by atoms with van der Waals surface area (Å²) in [5, 5.41) is 8.95. The molecule has 5 rings (SSSR count). The van der Waals surface area contributed by atoms with E-state index in [0.29, 0.717) is 18.7 Å². The predicted molar refractivity (Wildman–Crippen MR) is 121 cm³/mol. The molecule has 1 unspecified atom stereocenters. The zero-order chi connectivity index (χ0) is 23.9. The molecule has 10 nitrogen and oxygen atoms in total. The van der Waals surface area contributed by atoms with Gasteiger partial charge in [0.05, 0.1) is 16.7 Å². The minimum atomic E-state index is -0.999. The summed E-state index contributed by atoms with van der Waals surface area (Å²) in [5.41, 5.74) is 0.482. The summed E-state index contributed by atoms with van der Waals surface area (Å²) in [5.74, 6) is -1.98. The van der Waals surface area contributed by atoms with E-state index < -0.39 is 35.2 Å². The van der Waals surface area contributed by atoms with Crippen LogP contribution in [0.25, 0.3) is 0 Å². The molecule has 3 heterocycles. The fraction of sp³-hybridized carbons (Fsp3) is 0.542. The van der Waals surface area contributed by atoms with E-state index in [0.717, 1.165) is 43.7 Å². The molecule has 1 aromatic rings. The van der Waals surface area contributed by atoms with Crippen LogP contribution in [0.1, 0.15) is 64.8 Å². The van der Waals surface area contributed by atoms with Crippen LogP contribution in [0.2, 0.25) is 0 Å². The summed E-state index contributed by atoms with van der Waals surface area (Å²) in [6.45, 7) is 3.18. The SMILES string of the molecule is O=C1CCC(N2C(=O)c3cccc(CNC4(C(=O)N5CCNCC5)CCCC4)c3C2=O)C(=O)N1. The Balaban J connectivity index is 1.37. The standard InChI is InChI=1S/C24H29N5O5/c30-18-7-6-17(20(31)27-18)29-21(32)16-5-3-4-15(19(16)22(29)33)14-26-24(8-1-2-9-24)23(34)28-12-10-25-11-13-28/h3-5,17,25-26H,1-2,6-14H2,(H,27,30,31). The van der Waals surface area contributed by atoms with Gasteiger partial charge in [0.25, 0.3) is 11.8 Å². The summed E-state index contributed by atoms with van der Waals surface area (Å²) in [4.78, 5) is 66.6. The molecule has 1 atom stereocenters. The van der Waals surface area contributed by atoms with E-state index in [-0.39, 0.29) is 36.4 Å². The van der Waals surface area contributed by atoms with Gasteiger partial charge in [-0.25, -0.2) is 0 Å². The maximum Gasteiger partial charge on any atom is 0.262 e. The third-order valence-corrected chi connectivity index (χ3v) is 7.44. The molecule has 5 amide bonds. The van der Waals surface area contributed by atoms with E-state index >= 15 is 0 Å². The number of piperidine rings is 1. The van der Waals surface area contributed by atoms with Gasteiger partial charge in [0, 0.05) is 39.1 Å². The van der Waals surface area contributed by atoms with Crippen molar-refractivity contribution in [1.82, 2.24) is 25.8 Å². The number of hydrogen-bond donors (Lipinski definition) is 3. The molecule has 4 aliphatic rings. The Morgan fingerprint density at radius 2 is 1.79 bits per heavy atom. The molecule has 0 radical (unpaired) electrons. The number of amides is 5. The number of piperazine rings is 1. The molecule has 1 aliphatic carbocycles. The third-order valence-electron chi connectivity index (χ3n) is 7.44. The summed E-state index contributed by atoms with van der Waals surface area (Å²) in [7, 11) is 0. The van der Waals surface area contributed by atoms with Gasteiger partial charge in [-0.2, -0.15) is 0 Å². The van der Waals surface area contributed by atoms with Crippen LogP contribution in [0.4, 0.5) is 0 Å². The Morgan fingerprint density at radius 3 is 2.50 bits per heavy atom. The minimum Gasteiger partial charge on any atom is -0.339 e. The van der Waals surface area contributed by atoms with Crippen LogP contribution in [-0.4, -0.2) is 77.1 Å². The molecule has 2 saturated heterocycles. The van der Waals surface area contributed by atoms with Gasteiger partial charge in [0.15, 0.2) is 0 Å².